The Morgan fingerprint density at radius 3 is 2.50 bits per heavy atom. The van der Waals surface area contributed by atoms with Crippen molar-refractivity contribution >= 4 is 23.1 Å². The van der Waals surface area contributed by atoms with Gasteiger partial charge in [-0.1, -0.05) is 37.1 Å². The monoisotopic (exact) mass is 457 g/mol. The Balaban J connectivity index is 1.21. The van der Waals surface area contributed by atoms with Crippen molar-refractivity contribution in [3.05, 3.63) is 60.0 Å². The number of hydrogen-bond acceptors (Lipinski definition) is 4. The molecular formula is C27H31N5O2. The van der Waals surface area contributed by atoms with E-state index in [0.717, 1.165) is 75.2 Å². The van der Waals surface area contributed by atoms with Crippen LogP contribution in [-0.4, -0.2) is 50.9 Å². The molecule has 34 heavy (non-hydrogen) atoms. The molecule has 0 spiro atoms. The van der Waals surface area contributed by atoms with Crippen LogP contribution in [0.2, 0.25) is 0 Å². The first-order chi connectivity index (χ1) is 16.7. The number of fused-ring (bicyclic) bond motifs is 2. The van der Waals surface area contributed by atoms with Crippen molar-refractivity contribution in [2.45, 2.75) is 50.9 Å². The molecule has 3 aromatic rings. The van der Waals surface area contributed by atoms with Crippen molar-refractivity contribution in [1.29, 1.82) is 0 Å². The van der Waals surface area contributed by atoms with Crippen LogP contribution in [0.1, 0.15) is 55.8 Å². The summed E-state index contributed by atoms with van der Waals surface area (Å²) in [6, 6.07) is 14.1. The van der Waals surface area contributed by atoms with E-state index in [2.05, 4.69) is 16.3 Å². The Kier molecular flexibility index (Phi) is 5.55. The van der Waals surface area contributed by atoms with Crippen molar-refractivity contribution in [3.8, 4) is 0 Å². The molecule has 6 rings (SSSR count). The van der Waals surface area contributed by atoms with Gasteiger partial charge < -0.3 is 9.80 Å². The summed E-state index contributed by atoms with van der Waals surface area (Å²) >= 11 is 0. The van der Waals surface area contributed by atoms with Crippen LogP contribution in [0.25, 0.3) is 5.65 Å². The van der Waals surface area contributed by atoms with Crippen molar-refractivity contribution < 1.29 is 9.59 Å². The molecule has 1 saturated heterocycles. The average Bonchev–Trinajstić information content (AvgIpc) is 3.53. The fourth-order valence-electron chi connectivity index (χ4n) is 6.25. The van der Waals surface area contributed by atoms with Gasteiger partial charge in [0.25, 0.3) is 0 Å². The molecule has 2 amide bonds. The fraction of sp³-hybridized carbons (Fsp3) is 0.481. The van der Waals surface area contributed by atoms with E-state index in [9.17, 15) is 9.59 Å². The standard InChI is InChI=1S/C27H31N5O2/c33-26(30-15-7-9-20(18-30)25-29-28-24-13-5-6-16-32(24)25)21-10-2-3-11-22(21)27(34)31-17-14-19-8-1-4-12-23(19)31/h1,4-6,8,12-13,16,20-22H,2-3,7,9-11,14-15,17-18H2. The third-order valence-corrected chi connectivity index (χ3v) is 7.99. The van der Waals surface area contributed by atoms with Gasteiger partial charge in [0.15, 0.2) is 5.65 Å². The highest BCUT2D eigenvalue weighted by Gasteiger charge is 2.42. The Morgan fingerprint density at radius 1 is 0.824 bits per heavy atom. The predicted molar refractivity (Wildman–Crippen MR) is 129 cm³/mol. The van der Waals surface area contributed by atoms with Crippen LogP contribution < -0.4 is 4.90 Å². The number of piperidine rings is 1. The summed E-state index contributed by atoms with van der Waals surface area (Å²) in [5, 5.41) is 8.77. The lowest BCUT2D eigenvalue weighted by molar-refractivity contribution is -0.143. The molecule has 2 fully saturated rings. The number of carbonyl (C=O) groups is 2. The van der Waals surface area contributed by atoms with E-state index >= 15 is 0 Å². The van der Waals surface area contributed by atoms with E-state index in [1.165, 1.54) is 5.56 Å². The first-order valence-corrected chi connectivity index (χ1v) is 12.7. The Hall–Kier alpha value is -3.22. The lowest BCUT2D eigenvalue weighted by Crippen LogP contribution is -2.48. The number of aromatic nitrogens is 3. The maximum Gasteiger partial charge on any atom is 0.230 e. The number of rotatable bonds is 3. The molecule has 2 aliphatic heterocycles. The normalized spacial score (nSPS) is 24.9. The molecule has 3 atom stereocenters. The van der Waals surface area contributed by atoms with E-state index in [4.69, 9.17) is 0 Å². The van der Waals surface area contributed by atoms with Crippen LogP contribution in [0.4, 0.5) is 5.69 Å². The second kappa shape index (κ2) is 8.85. The van der Waals surface area contributed by atoms with Crippen molar-refractivity contribution in [2.24, 2.45) is 11.8 Å². The summed E-state index contributed by atoms with van der Waals surface area (Å²) < 4.78 is 2.04. The number of likely N-dealkylation sites (tertiary alicyclic amines) is 1. The largest absolute Gasteiger partial charge is 0.342 e. The summed E-state index contributed by atoms with van der Waals surface area (Å²) in [7, 11) is 0. The number of benzene rings is 1. The van der Waals surface area contributed by atoms with Gasteiger partial charge >= 0.3 is 0 Å². The van der Waals surface area contributed by atoms with Crippen LogP contribution in [0.15, 0.2) is 48.7 Å². The molecule has 176 valence electrons. The number of carbonyl (C=O) groups excluding carboxylic acids is 2. The summed E-state index contributed by atoms with van der Waals surface area (Å²) in [4.78, 5) is 31.5. The molecule has 4 heterocycles. The minimum atomic E-state index is -0.221. The van der Waals surface area contributed by atoms with Gasteiger partial charge in [0, 0.05) is 43.4 Å². The third kappa shape index (κ3) is 3.67. The molecular weight excluding hydrogens is 426 g/mol. The topological polar surface area (TPSA) is 70.8 Å². The van der Waals surface area contributed by atoms with Crippen molar-refractivity contribution in [2.75, 3.05) is 24.5 Å². The second-order valence-electron chi connectivity index (χ2n) is 9.98. The zero-order valence-corrected chi connectivity index (χ0v) is 19.5. The zero-order chi connectivity index (χ0) is 23.1. The molecule has 1 aromatic carbocycles. The molecule has 1 saturated carbocycles. The summed E-state index contributed by atoms with van der Waals surface area (Å²) in [5.41, 5.74) is 3.10. The molecule has 3 unspecified atom stereocenters. The summed E-state index contributed by atoms with van der Waals surface area (Å²) in [6.07, 6.45) is 8.48. The Bertz CT molecular complexity index is 1220. The summed E-state index contributed by atoms with van der Waals surface area (Å²) in [6.45, 7) is 2.13. The predicted octanol–water partition coefficient (Wildman–Crippen LogP) is 3.83. The van der Waals surface area contributed by atoms with E-state index in [1.807, 2.05) is 56.8 Å². The maximum atomic E-state index is 13.8. The fourth-order valence-corrected chi connectivity index (χ4v) is 6.25. The molecule has 3 aliphatic rings. The zero-order valence-electron chi connectivity index (χ0n) is 19.5. The molecule has 0 N–H and O–H groups in total. The van der Waals surface area contributed by atoms with E-state index in [-0.39, 0.29) is 29.6 Å². The van der Waals surface area contributed by atoms with Gasteiger partial charge in [-0.25, -0.2) is 0 Å². The molecule has 0 radical (unpaired) electrons. The SMILES string of the molecule is O=C(C1CCCCC1C(=O)N1CCc2ccccc21)N1CCCC(c2nnc3ccccn23)C1. The first kappa shape index (κ1) is 21.3. The number of nitrogens with zero attached hydrogens (tertiary/aromatic N) is 5. The molecule has 1 aliphatic carbocycles. The Morgan fingerprint density at radius 2 is 1.62 bits per heavy atom. The minimum Gasteiger partial charge on any atom is -0.342 e. The number of para-hydroxylation sites is 1. The van der Waals surface area contributed by atoms with Crippen LogP contribution in [0, 0.1) is 11.8 Å². The average molecular weight is 458 g/mol. The van der Waals surface area contributed by atoms with E-state index < -0.39 is 0 Å². The molecule has 0 bridgehead atoms. The van der Waals surface area contributed by atoms with Crippen LogP contribution >= 0.6 is 0 Å². The van der Waals surface area contributed by atoms with Crippen LogP contribution in [0.5, 0.6) is 0 Å². The van der Waals surface area contributed by atoms with Crippen LogP contribution in [0.3, 0.4) is 0 Å². The third-order valence-electron chi connectivity index (χ3n) is 7.99. The molecule has 7 nitrogen and oxygen atoms in total. The van der Waals surface area contributed by atoms with Gasteiger partial charge in [0.05, 0.1) is 5.92 Å². The van der Waals surface area contributed by atoms with Gasteiger partial charge in [0.2, 0.25) is 11.8 Å². The van der Waals surface area contributed by atoms with Crippen molar-refractivity contribution in [1.82, 2.24) is 19.5 Å². The van der Waals surface area contributed by atoms with Crippen LogP contribution in [-0.2, 0) is 16.0 Å². The van der Waals surface area contributed by atoms with Gasteiger partial charge in [-0.3, -0.25) is 14.0 Å². The number of amides is 2. The minimum absolute atomic E-state index is 0.139. The quantitative estimate of drug-likeness (QED) is 0.599. The second-order valence-corrected chi connectivity index (χ2v) is 9.98. The Labute approximate surface area is 199 Å². The van der Waals surface area contributed by atoms with E-state index in [1.54, 1.807) is 0 Å². The number of hydrogen-bond donors (Lipinski definition) is 0. The smallest absolute Gasteiger partial charge is 0.230 e. The van der Waals surface area contributed by atoms with Gasteiger partial charge in [-0.15, -0.1) is 10.2 Å². The highest BCUT2D eigenvalue weighted by molar-refractivity contribution is 5.99. The van der Waals surface area contributed by atoms with Gasteiger partial charge in [-0.05, 0) is 55.9 Å². The first-order valence-electron chi connectivity index (χ1n) is 12.7. The lowest BCUT2D eigenvalue weighted by atomic mass is 9.77. The lowest BCUT2D eigenvalue weighted by Gasteiger charge is -2.38. The summed E-state index contributed by atoms with van der Waals surface area (Å²) in [5.74, 6) is 0.949. The molecule has 2 aromatic heterocycles. The highest BCUT2D eigenvalue weighted by Crippen LogP contribution is 2.37. The van der Waals surface area contributed by atoms with E-state index in [0.29, 0.717) is 6.54 Å². The molecule has 7 heteroatoms. The van der Waals surface area contributed by atoms with Gasteiger partial charge in [-0.2, -0.15) is 0 Å². The van der Waals surface area contributed by atoms with Crippen molar-refractivity contribution in [3.63, 3.8) is 0 Å². The highest BCUT2D eigenvalue weighted by atomic mass is 16.2. The van der Waals surface area contributed by atoms with Gasteiger partial charge in [0.1, 0.15) is 5.82 Å². The maximum absolute atomic E-state index is 13.8. The number of pyridine rings is 1. The number of anilines is 1.